The predicted molar refractivity (Wildman–Crippen MR) is 108 cm³/mol. The van der Waals surface area contributed by atoms with Gasteiger partial charge in [0.25, 0.3) is 10.0 Å². The molecule has 0 saturated heterocycles. The number of ether oxygens (including phenoxy) is 2. The Bertz CT molecular complexity index is 1130. The largest absolute Gasteiger partial charge is 0.454 e. The van der Waals surface area contributed by atoms with Crippen LogP contribution >= 0.6 is 11.6 Å². The summed E-state index contributed by atoms with van der Waals surface area (Å²) in [7, 11) is -3.96. The van der Waals surface area contributed by atoms with Gasteiger partial charge in [0.05, 0.1) is 16.6 Å². The number of anilines is 1. The zero-order chi connectivity index (χ0) is 20.6. The van der Waals surface area contributed by atoms with Gasteiger partial charge in [-0.1, -0.05) is 23.7 Å². The maximum Gasteiger partial charge on any atom is 0.264 e. The molecule has 1 aliphatic heterocycles. The Morgan fingerprint density at radius 2 is 1.62 bits per heavy atom. The molecule has 8 heteroatoms. The van der Waals surface area contributed by atoms with Crippen molar-refractivity contribution in [1.82, 2.24) is 0 Å². The van der Waals surface area contributed by atoms with Crippen LogP contribution in [0.25, 0.3) is 0 Å². The molecule has 0 radical (unpaired) electrons. The van der Waals surface area contributed by atoms with Crippen molar-refractivity contribution >= 4 is 27.3 Å². The molecule has 150 valence electrons. The van der Waals surface area contributed by atoms with Crippen molar-refractivity contribution in [2.45, 2.75) is 17.9 Å². The number of nitrogens with zero attached hydrogens (tertiary/aromatic N) is 1. The van der Waals surface area contributed by atoms with E-state index in [1.165, 1.54) is 40.7 Å². The first-order chi connectivity index (χ1) is 13.9. The normalized spacial score (nSPS) is 13.9. The van der Waals surface area contributed by atoms with E-state index in [4.69, 9.17) is 21.1 Å². The summed E-state index contributed by atoms with van der Waals surface area (Å²) in [6, 6.07) is 16.0. The van der Waals surface area contributed by atoms with Crippen LogP contribution in [0.1, 0.15) is 18.5 Å². The monoisotopic (exact) mass is 433 g/mol. The van der Waals surface area contributed by atoms with Gasteiger partial charge in [0, 0.05) is 11.1 Å². The highest BCUT2D eigenvalue weighted by Gasteiger charge is 2.31. The second kappa shape index (κ2) is 7.57. The van der Waals surface area contributed by atoms with Crippen molar-refractivity contribution in [3.8, 4) is 11.5 Å². The summed E-state index contributed by atoms with van der Waals surface area (Å²) < 4.78 is 52.5. The lowest BCUT2D eigenvalue weighted by Crippen LogP contribution is -2.33. The van der Waals surface area contributed by atoms with Crippen LogP contribution in [0.5, 0.6) is 11.5 Å². The molecule has 3 aromatic rings. The van der Waals surface area contributed by atoms with E-state index >= 15 is 0 Å². The third-order valence-electron chi connectivity index (χ3n) is 4.69. The molecule has 0 N–H and O–H groups in total. The van der Waals surface area contributed by atoms with Gasteiger partial charge in [-0.2, -0.15) is 0 Å². The fourth-order valence-electron chi connectivity index (χ4n) is 3.19. The quantitative estimate of drug-likeness (QED) is 0.557. The minimum Gasteiger partial charge on any atom is -0.454 e. The lowest BCUT2D eigenvalue weighted by molar-refractivity contribution is 0.174. The second-order valence-corrected chi connectivity index (χ2v) is 8.77. The molecular formula is C21H17ClFNO4S. The molecule has 1 unspecified atom stereocenters. The summed E-state index contributed by atoms with van der Waals surface area (Å²) in [5, 5.41) is 0.435. The molecule has 0 saturated carbocycles. The van der Waals surface area contributed by atoms with Crippen LogP contribution in [0.15, 0.2) is 71.6 Å². The first-order valence-corrected chi connectivity index (χ1v) is 10.6. The summed E-state index contributed by atoms with van der Waals surface area (Å²) in [4.78, 5) is 0.0912. The first-order valence-electron chi connectivity index (χ1n) is 8.81. The highest BCUT2D eigenvalue weighted by atomic mass is 35.5. The summed E-state index contributed by atoms with van der Waals surface area (Å²) >= 11 is 5.92. The van der Waals surface area contributed by atoms with E-state index in [2.05, 4.69) is 0 Å². The van der Waals surface area contributed by atoms with E-state index in [9.17, 15) is 12.8 Å². The average molecular weight is 434 g/mol. The Labute approximate surface area is 173 Å². The summed E-state index contributed by atoms with van der Waals surface area (Å²) in [5.41, 5.74) is 1.04. The van der Waals surface area contributed by atoms with Crippen LogP contribution in [0, 0.1) is 5.82 Å². The van der Waals surface area contributed by atoms with Gasteiger partial charge in [-0.15, -0.1) is 0 Å². The Kier molecular flexibility index (Phi) is 5.10. The maximum atomic E-state index is 13.6. The predicted octanol–water partition coefficient (Wildman–Crippen LogP) is 5.16. The van der Waals surface area contributed by atoms with E-state index in [0.717, 1.165) is 0 Å². The third kappa shape index (κ3) is 3.75. The third-order valence-corrected chi connectivity index (χ3v) is 6.85. The SMILES string of the molecule is CC(c1ccc(F)cc1)N(c1ccc2c(c1)OCO2)S(=O)(=O)c1ccc(Cl)cc1. The van der Waals surface area contributed by atoms with Gasteiger partial charge in [0.15, 0.2) is 11.5 Å². The smallest absolute Gasteiger partial charge is 0.264 e. The molecule has 4 rings (SSSR count). The number of hydrogen-bond donors (Lipinski definition) is 0. The fraction of sp³-hybridized carbons (Fsp3) is 0.143. The number of hydrogen-bond acceptors (Lipinski definition) is 4. The van der Waals surface area contributed by atoms with Gasteiger partial charge in [0.1, 0.15) is 5.82 Å². The molecule has 1 aliphatic rings. The fourth-order valence-corrected chi connectivity index (χ4v) is 4.95. The molecule has 0 bridgehead atoms. The highest BCUT2D eigenvalue weighted by Crippen LogP contribution is 2.40. The van der Waals surface area contributed by atoms with Crippen LogP contribution in [0.2, 0.25) is 5.02 Å². The molecule has 5 nitrogen and oxygen atoms in total. The van der Waals surface area contributed by atoms with Crippen molar-refractivity contribution in [3.63, 3.8) is 0 Å². The molecule has 0 amide bonds. The van der Waals surface area contributed by atoms with Crippen molar-refractivity contribution < 1.29 is 22.3 Å². The number of halogens is 2. The Hall–Kier alpha value is -2.77. The molecule has 0 spiro atoms. The topological polar surface area (TPSA) is 55.8 Å². The number of benzene rings is 3. The molecular weight excluding hydrogens is 417 g/mol. The molecule has 1 heterocycles. The Morgan fingerprint density at radius 3 is 2.31 bits per heavy atom. The van der Waals surface area contributed by atoms with Gasteiger partial charge in [-0.25, -0.2) is 12.8 Å². The van der Waals surface area contributed by atoms with E-state index in [1.807, 2.05) is 0 Å². The molecule has 29 heavy (non-hydrogen) atoms. The van der Waals surface area contributed by atoms with Crippen molar-refractivity contribution in [3.05, 3.63) is 83.1 Å². The summed E-state index contributed by atoms with van der Waals surface area (Å²) in [6.45, 7) is 1.82. The number of fused-ring (bicyclic) bond motifs is 1. The lowest BCUT2D eigenvalue weighted by atomic mass is 10.1. The first kappa shape index (κ1) is 19.5. The molecule has 1 atom stereocenters. The summed E-state index contributed by atoms with van der Waals surface area (Å²) in [5.74, 6) is 0.619. The van der Waals surface area contributed by atoms with Gasteiger partial charge < -0.3 is 9.47 Å². The van der Waals surface area contributed by atoms with Crippen molar-refractivity contribution in [1.29, 1.82) is 0 Å². The van der Waals surface area contributed by atoms with E-state index < -0.39 is 21.9 Å². The number of rotatable bonds is 5. The van der Waals surface area contributed by atoms with Gasteiger partial charge in [-0.05, 0) is 61.0 Å². The van der Waals surface area contributed by atoms with Crippen LogP contribution < -0.4 is 13.8 Å². The lowest BCUT2D eigenvalue weighted by Gasteiger charge is -2.31. The standard InChI is InChI=1S/C21H17ClFNO4S/c1-14(15-2-6-17(23)7-3-15)24(18-8-11-20-21(12-18)28-13-27-20)29(25,26)19-9-4-16(22)5-10-19/h2-12,14H,13H2,1H3. The second-order valence-electron chi connectivity index (χ2n) is 6.52. The van der Waals surface area contributed by atoms with E-state index in [1.54, 1.807) is 37.3 Å². The Morgan fingerprint density at radius 1 is 0.966 bits per heavy atom. The molecule has 0 aromatic heterocycles. The van der Waals surface area contributed by atoms with Gasteiger partial charge in [0.2, 0.25) is 6.79 Å². The zero-order valence-electron chi connectivity index (χ0n) is 15.4. The highest BCUT2D eigenvalue weighted by molar-refractivity contribution is 7.92. The van der Waals surface area contributed by atoms with E-state index in [0.29, 0.717) is 27.8 Å². The molecule has 3 aromatic carbocycles. The Balaban J connectivity index is 1.84. The summed E-state index contributed by atoms with van der Waals surface area (Å²) in [6.07, 6.45) is 0. The van der Waals surface area contributed by atoms with E-state index in [-0.39, 0.29) is 11.7 Å². The van der Waals surface area contributed by atoms with Gasteiger partial charge in [-0.3, -0.25) is 4.31 Å². The van der Waals surface area contributed by atoms with Crippen molar-refractivity contribution in [2.24, 2.45) is 0 Å². The molecule has 0 aliphatic carbocycles. The minimum absolute atomic E-state index is 0.0796. The minimum atomic E-state index is -3.96. The van der Waals surface area contributed by atoms with Crippen LogP contribution in [0.4, 0.5) is 10.1 Å². The van der Waals surface area contributed by atoms with Crippen LogP contribution in [-0.4, -0.2) is 15.2 Å². The van der Waals surface area contributed by atoms with Gasteiger partial charge >= 0.3 is 0 Å². The maximum absolute atomic E-state index is 13.6. The van der Waals surface area contributed by atoms with Crippen LogP contribution in [0.3, 0.4) is 0 Å². The number of sulfonamides is 1. The van der Waals surface area contributed by atoms with Crippen molar-refractivity contribution in [2.75, 3.05) is 11.1 Å². The average Bonchev–Trinajstić information content (AvgIpc) is 3.16. The zero-order valence-corrected chi connectivity index (χ0v) is 17.0. The molecule has 0 fully saturated rings. The van der Waals surface area contributed by atoms with Crippen LogP contribution in [-0.2, 0) is 10.0 Å².